The topological polar surface area (TPSA) is 29.1 Å². The first-order valence-corrected chi connectivity index (χ1v) is 5.21. The standard InChI is InChI=1S/C10H21NOS/c1-9(2,7-13)6-10(3,4)8(12)11-5/h13H,6-7H2,1-5H3,(H,11,12). The predicted molar refractivity (Wildman–Crippen MR) is 60.1 cm³/mol. The van der Waals surface area contributed by atoms with Crippen molar-refractivity contribution in [3.63, 3.8) is 0 Å². The number of hydrogen-bond acceptors (Lipinski definition) is 2. The molecule has 78 valence electrons. The number of thiol groups is 1. The minimum atomic E-state index is -0.305. The molecule has 0 aliphatic heterocycles. The molecule has 0 aromatic rings. The van der Waals surface area contributed by atoms with Gasteiger partial charge < -0.3 is 5.32 Å². The van der Waals surface area contributed by atoms with E-state index in [2.05, 4.69) is 31.8 Å². The highest BCUT2D eigenvalue weighted by Crippen LogP contribution is 2.34. The van der Waals surface area contributed by atoms with Crippen LogP contribution in [0.5, 0.6) is 0 Å². The second-order valence-corrected chi connectivity index (χ2v) is 5.28. The van der Waals surface area contributed by atoms with Crippen LogP contribution in [-0.2, 0) is 4.79 Å². The van der Waals surface area contributed by atoms with Gasteiger partial charge in [0.25, 0.3) is 0 Å². The number of rotatable bonds is 4. The summed E-state index contributed by atoms with van der Waals surface area (Å²) in [7, 11) is 1.68. The Kier molecular flexibility index (Phi) is 4.30. The van der Waals surface area contributed by atoms with E-state index in [1.807, 2.05) is 13.8 Å². The molecular weight excluding hydrogens is 182 g/mol. The van der Waals surface area contributed by atoms with E-state index in [-0.39, 0.29) is 16.7 Å². The minimum Gasteiger partial charge on any atom is -0.359 e. The minimum absolute atomic E-state index is 0.0994. The Bertz CT molecular complexity index is 187. The van der Waals surface area contributed by atoms with Crippen LogP contribution in [0.4, 0.5) is 0 Å². The third kappa shape index (κ3) is 4.03. The zero-order valence-corrected chi connectivity index (χ0v) is 10.2. The summed E-state index contributed by atoms with van der Waals surface area (Å²) in [5.74, 6) is 0.898. The Morgan fingerprint density at radius 3 is 2.08 bits per heavy atom. The van der Waals surface area contributed by atoms with Gasteiger partial charge in [0, 0.05) is 12.5 Å². The molecule has 0 heterocycles. The molecule has 0 radical (unpaired) electrons. The molecule has 0 aliphatic carbocycles. The molecule has 0 bridgehead atoms. The summed E-state index contributed by atoms with van der Waals surface area (Å²) in [6.45, 7) is 8.20. The molecule has 0 saturated heterocycles. The van der Waals surface area contributed by atoms with E-state index in [1.54, 1.807) is 7.05 Å². The molecule has 0 saturated carbocycles. The Hall–Kier alpha value is -0.180. The summed E-state index contributed by atoms with van der Waals surface area (Å²) >= 11 is 4.28. The highest BCUT2D eigenvalue weighted by atomic mass is 32.1. The van der Waals surface area contributed by atoms with Crippen LogP contribution in [0.3, 0.4) is 0 Å². The molecular formula is C10H21NOS. The first kappa shape index (κ1) is 12.8. The average molecular weight is 203 g/mol. The van der Waals surface area contributed by atoms with Crippen molar-refractivity contribution in [2.45, 2.75) is 34.1 Å². The van der Waals surface area contributed by atoms with Gasteiger partial charge >= 0.3 is 0 Å². The second-order valence-electron chi connectivity index (χ2n) is 4.96. The Labute approximate surface area is 86.9 Å². The fourth-order valence-electron chi connectivity index (χ4n) is 1.67. The highest BCUT2D eigenvalue weighted by Gasteiger charge is 2.33. The first-order chi connectivity index (χ1) is 5.75. The van der Waals surface area contributed by atoms with Crippen LogP contribution in [-0.4, -0.2) is 18.7 Å². The summed E-state index contributed by atoms with van der Waals surface area (Å²) in [6.07, 6.45) is 0.850. The molecule has 0 unspecified atom stereocenters. The van der Waals surface area contributed by atoms with E-state index >= 15 is 0 Å². The second kappa shape index (κ2) is 4.36. The number of hydrogen-bond donors (Lipinski definition) is 2. The van der Waals surface area contributed by atoms with Crippen LogP contribution in [0, 0.1) is 10.8 Å². The van der Waals surface area contributed by atoms with Crippen LogP contribution in [0.15, 0.2) is 0 Å². The monoisotopic (exact) mass is 203 g/mol. The molecule has 0 aromatic carbocycles. The molecule has 3 heteroatoms. The van der Waals surface area contributed by atoms with Crippen molar-refractivity contribution < 1.29 is 4.79 Å². The lowest BCUT2D eigenvalue weighted by Crippen LogP contribution is -2.38. The SMILES string of the molecule is CNC(=O)C(C)(C)CC(C)(C)CS. The maximum absolute atomic E-state index is 11.5. The largest absolute Gasteiger partial charge is 0.359 e. The molecule has 0 aliphatic rings. The molecule has 0 aromatic heterocycles. The van der Waals surface area contributed by atoms with Crippen LogP contribution in [0.2, 0.25) is 0 Å². The Morgan fingerprint density at radius 1 is 1.31 bits per heavy atom. The van der Waals surface area contributed by atoms with Gasteiger partial charge in [0.15, 0.2) is 0 Å². The average Bonchev–Trinajstić information content (AvgIpc) is 2.01. The number of nitrogens with one attached hydrogen (secondary N) is 1. The van der Waals surface area contributed by atoms with Crippen molar-refractivity contribution in [1.82, 2.24) is 5.32 Å². The summed E-state index contributed by atoms with van der Waals surface area (Å²) < 4.78 is 0. The van der Waals surface area contributed by atoms with E-state index in [0.717, 1.165) is 12.2 Å². The third-order valence-electron chi connectivity index (χ3n) is 2.19. The van der Waals surface area contributed by atoms with Gasteiger partial charge in [0.2, 0.25) is 5.91 Å². The lowest BCUT2D eigenvalue weighted by atomic mass is 9.75. The maximum atomic E-state index is 11.5. The fourth-order valence-corrected chi connectivity index (χ4v) is 1.78. The van der Waals surface area contributed by atoms with Gasteiger partial charge in [-0.25, -0.2) is 0 Å². The van der Waals surface area contributed by atoms with Gasteiger partial charge in [-0.05, 0) is 17.6 Å². The van der Waals surface area contributed by atoms with Gasteiger partial charge in [0.05, 0.1) is 0 Å². The van der Waals surface area contributed by atoms with Crippen LogP contribution in [0.25, 0.3) is 0 Å². The molecule has 2 nitrogen and oxygen atoms in total. The number of carbonyl (C=O) groups is 1. The zero-order valence-electron chi connectivity index (χ0n) is 9.27. The van der Waals surface area contributed by atoms with Gasteiger partial charge in [-0.3, -0.25) is 4.79 Å². The van der Waals surface area contributed by atoms with E-state index < -0.39 is 0 Å². The maximum Gasteiger partial charge on any atom is 0.225 e. The predicted octanol–water partition coefficient (Wildman–Crippen LogP) is 2.10. The van der Waals surface area contributed by atoms with Gasteiger partial charge in [-0.2, -0.15) is 12.6 Å². The lowest BCUT2D eigenvalue weighted by molar-refractivity contribution is -0.130. The molecule has 0 rings (SSSR count). The fraction of sp³-hybridized carbons (Fsp3) is 0.900. The van der Waals surface area contributed by atoms with Crippen LogP contribution in [0.1, 0.15) is 34.1 Å². The van der Waals surface area contributed by atoms with Crippen molar-refractivity contribution in [3.05, 3.63) is 0 Å². The van der Waals surface area contributed by atoms with E-state index in [0.29, 0.717) is 0 Å². The first-order valence-electron chi connectivity index (χ1n) is 4.58. The number of carbonyl (C=O) groups excluding carboxylic acids is 1. The van der Waals surface area contributed by atoms with E-state index in [1.165, 1.54) is 0 Å². The summed E-state index contributed by atoms with van der Waals surface area (Å²) in [4.78, 5) is 11.5. The molecule has 1 amide bonds. The van der Waals surface area contributed by atoms with E-state index in [4.69, 9.17) is 0 Å². The van der Waals surface area contributed by atoms with Crippen LogP contribution >= 0.6 is 12.6 Å². The Balaban J connectivity index is 4.41. The quantitative estimate of drug-likeness (QED) is 0.673. The smallest absolute Gasteiger partial charge is 0.225 e. The zero-order chi connectivity index (χ0) is 10.7. The molecule has 0 atom stereocenters. The van der Waals surface area contributed by atoms with Crippen LogP contribution < -0.4 is 5.32 Å². The lowest BCUT2D eigenvalue weighted by Gasteiger charge is -2.32. The summed E-state index contributed by atoms with van der Waals surface area (Å²) in [5, 5.41) is 2.69. The Morgan fingerprint density at radius 2 is 1.77 bits per heavy atom. The summed E-state index contributed by atoms with van der Waals surface area (Å²) in [5.41, 5.74) is -0.194. The third-order valence-corrected chi connectivity index (χ3v) is 3.05. The highest BCUT2D eigenvalue weighted by molar-refractivity contribution is 7.80. The molecule has 0 spiro atoms. The molecule has 0 fully saturated rings. The summed E-state index contributed by atoms with van der Waals surface area (Å²) in [6, 6.07) is 0. The van der Waals surface area contributed by atoms with Gasteiger partial charge in [0.1, 0.15) is 0 Å². The van der Waals surface area contributed by atoms with Gasteiger partial charge in [-0.15, -0.1) is 0 Å². The number of amides is 1. The van der Waals surface area contributed by atoms with Gasteiger partial charge in [-0.1, -0.05) is 27.7 Å². The molecule has 1 N–H and O–H groups in total. The van der Waals surface area contributed by atoms with E-state index in [9.17, 15) is 4.79 Å². The van der Waals surface area contributed by atoms with Crippen molar-refractivity contribution in [1.29, 1.82) is 0 Å². The van der Waals surface area contributed by atoms with Crippen molar-refractivity contribution >= 4 is 18.5 Å². The molecule has 13 heavy (non-hydrogen) atoms. The van der Waals surface area contributed by atoms with Crippen molar-refractivity contribution in [3.8, 4) is 0 Å². The van der Waals surface area contributed by atoms with Crippen molar-refractivity contribution in [2.75, 3.05) is 12.8 Å². The normalized spacial score (nSPS) is 12.8. The van der Waals surface area contributed by atoms with Crippen molar-refractivity contribution in [2.24, 2.45) is 10.8 Å².